The predicted octanol–water partition coefficient (Wildman–Crippen LogP) is 2.08. The number of piperidine rings is 1. The van der Waals surface area contributed by atoms with Gasteiger partial charge in [-0.1, -0.05) is 25.1 Å². The number of benzene rings is 1. The van der Waals surface area contributed by atoms with Crippen LogP contribution in [-0.4, -0.2) is 52.9 Å². The number of likely N-dealkylation sites (tertiary alicyclic amines) is 1. The highest BCUT2D eigenvalue weighted by Crippen LogP contribution is 2.59. The molecule has 5 rings (SSSR count). The number of esters is 1. The first-order valence-electron chi connectivity index (χ1n) is 12.5. The highest BCUT2D eigenvalue weighted by atomic mass is 16.5. The van der Waals surface area contributed by atoms with Gasteiger partial charge in [0.2, 0.25) is 11.8 Å². The van der Waals surface area contributed by atoms with Gasteiger partial charge in [0.05, 0.1) is 18.8 Å². The van der Waals surface area contributed by atoms with Crippen molar-refractivity contribution in [3.63, 3.8) is 0 Å². The summed E-state index contributed by atoms with van der Waals surface area (Å²) in [7, 11) is 0. The molecule has 0 radical (unpaired) electrons. The third kappa shape index (κ3) is 5.36. The monoisotopic (exact) mass is 492 g/mol. The van der Waals surface area contributed by atoms with E-state index in [4.69, 9.17) is 9.47 Å². The second-order valence-electron chi connectivity index (χ2n) is 10.1. The van der Waals surface area contributed by atoms with E-state index in [-0.39, 0.29) is 42.8 Å². The van der Waals surface area contributed by atoms with Gasteiger partial charge in [0, 0.05) is 31.7 Å². The van der Waals surface area contributed by atoms with Crippen molar-refractivity contribution in [1.82, 2.24) is 20.5 Å². The number of amides is 2. The van der Waals surface area contributed by atoms with E-state index in [0.29, 0.717) is 25.1 Å². The van der Waals surface area contributed by atoms with Gasteiger partial charge in [0.1, 0.15) is 18.4 Å². The number of hydrogen-bond acceptors (Lipinski definition) is 7. The minimum Gasteiger partial charge on any atom is -0.494 e. The van der Waals surface area contributed by atoms with Gasteiger partial charge in [0.25, 0.3) is 0 Å². The predicted molar refractivity (Wildman–Crippen MR) is 131 cm³/mol. The largest absolute Gasteiger partial charge is 0.494 e. The lowest BCUT2D eigenvalue weighted by Crippen LogP contribution is -2.48. The molecule has 9 nitrogen and oxygen atoms in total. The molecule has 0 unspecified atom stereocenters. The van der Waals surface area contributed by atoms with Crippen molar-refractivity contribution >= 4 is 17.8 Å². The van der Waals surface area contributed by atoms with E-state index in [0.717, 1.165) is 30.8 Å². The zero-order valence-electron chi connectivity index (χ0n) is 20.5. The van der Waals surface area contributed by atoms with E-state index >= 15 is 0 Å². The number of hydrogen-bond donors (Lipinski definition) is 2. The lowest BCUT2D eigenvalue weighted by Gasteiger charge is -2.26. The molecule has 1 aliphatic carbocycles. The van der Waals surface area contributed by atoms with Crippen LogP contribution in [0, 0.1) is 5.41 Å². The molecule has 3 aliphatic rings. The summed E-state index contributed by atoms with van der Waals surface area (Å²) in [4.78, 5) is 44.2. The highest BCUT2D eigenvalue weighted by Gasteiger charge is 2.64. The molecule has 2 amide bonds. The summed E-state index contributed by atoms with van der Waals surface area (Å²) < 4.78 is 11.2. The number of para-hydroxylation sites is 1. The SMILES string of the molecule is C[C@@]12C[C@@H]1N(C(=O)CNC(=O)CCCOc1ccccc1)[C@H](C(=O)OCc1cc3c(cn1)CNC3)C2. The zero-order chi connectivity index (χ0) is 25.1. The van der Waals surface area contributed by atoms with Crippen molar-refractivity contribution in [2.24, 2.45) is 5.41 Å². The number of ether oxygens (including phenoxy) is 2. The van der Waals surface area contributed by atoms with Gasteiger partial charge in [-0.3, -0.25) is 14.6 Å². The smallest absolute Gasteiger partial charge is 0.329 e. The maximum atomic E-state index is 13.0. The normalized spacial score (nSPS) is 23.5. The number of nitrogens with one attached hydrogen (secondary N) is 2. The van der Waals surface area contributed by atoms with Gasteiger partial charge >= 0.3 is 5.97 Å². The molecule has 0 spiro atoms. The lowest BCUT2D eigenvalue weighted by atomic mass is 10.0. The zero-order valence-corrected chi connectivity index (χ0v) is 20.5. The molecule has 3 heterocycles. The van der Waals surface area contributed by atoms with Crippen LogP contribution in [0.2, 0.25) is 0 Å². The van der Waals surface area contributed by atoms with E-state index in [1.807, 2.05) is 42.6 Å². The summed E-state index contributed by atoms with van der Waals surface area (Å²) in [6, 6.07) is 10.8. The van der Waals surface area contributed by atoms with Crippen LogP contribution in [0.25, 0.3) is 0 Å². The summed E-state index contributed by atoms with van der Waals surface area (Å²) in [5.74, 6) is -0.120. The highest BCUT2D eigenvalue weighted by molar-refractivity contribution is 5.90. The average Bonchev–Trinajstić information content (AvgIpc) is 3.20. The Bertz CT molecular complexity index is 1140. The molecule has 2 aromatic rings. The Labute approximate surface area is 210 Å². The first-order chi connectivity index (χ1) is 17.4. The molecule has 1 aromatic heterocycles. The van der Waals surface area contributed by atoms with Crippen molar-refractivity contribution in [1.29, 1.82) is 0 Å². The van der Waals surface area contributed by atoms with Gasteiger partial charge in [-0.05, 0) is 54.0 Å². The number of fused-ring (bicyclic) bond motifs is 2. The second kappa shape index (κ2) is 10.3. The molecule has 1 saturated heterocycles. The molecule has 2 fully saturated rings. The van der Waals surface area contributed by atoms with Crippen LogP contribution in [0.5, 0.6) is 5.75 Å². The van der Waals surface area contributed by atoms with Gasteiger partial charge < -0.3 is 25.0 Å². The standard InChI is InChI=1S/C27H32N4O5/c1-27-11-22(26(34)36-17-20-10-18-13-28-14-19(18)15-29-20)31(23(27)12-27)25(33)16-30-24(32)8-5-9-35-21-6-3-2-4-7-21/h2-4,6-7,10,15,22-23,28H,5,8-9,11-14,16-17H2,1H3,(H,30,32)/t22-,23-,27+/m0/s1. The van der Waals surface area contributed by atoms with E-state index in [1.54, 1.807) is 4.90 Å². The van der Waals surface area contributed by atoms with Crippen molar-refractivity contribution in [2.45, 2.75) is 64.4 Å². The Kier molecular flexibility index (Phi) is 6.91. The number of rotatable bonds is 10. The molecular formula is C27H32N4O5. The van der Waals surface area contributed by atoms with Crippen LogP contribution in [0.15, 0.2) is 42.6 Å². The Morgan fingerprint density at radius 1 is 1.17 bits per heavy atom. The molecule has 0 bridgehead atoms. The van der Waals surface area contributed by atoms with E-state index < -0.39 is 12.0 Å². The maximum absolute atomic E-state index is 13.0. The second-order valence-corrected chi connectivity index (χ2v) is 10.1. The Morgan fingerprint density at radius 3 is 2.81 bits per heavy atom. The Hall–Kier alpha value is -3.46. The first kappa shape index (κ1) is 24.2. The topological polar surface area (TPSA) is 110 Å². The fourth-order valence-electron chi connectivity index (χ4n) is 5.18. The Balaban J connectivity index is 1.08. The molecule has 2 aliphatic heterocycles. The first-order valence-corrected chi connectivity index (χ1v) is 12.5. The molecule has 2 N–H and O–H groups in total. The molecule has 36 heavy (non-hydrogen) atoms. The summed E-state index contributed by atoms with van der Waals surface area (Å²) in [6.07, 6.45) is 4.06. The number of aromatic nitrogens is 1. The van der Waals surface area contributed by atoms with E-state index in [2.05, 4.69) is 22.5 Å². The fraction of sp³-hybridized carbons (Fsp3) is 0.481. The lowest BCUT2D eigenvalue weighted by molar-refractivity contribution is -0.155. The quantitative estimate of drug-likeness (QED) is 0.386. The summed E-state index contributed by atoms with van der Waals surface area (Å²) in [6.45, 7) is 4.05. The van der Waals surface area contributed by atoms with Crippen LogP contribution in [0.4, 0.5) is 0 Å². The van der Waals surface area contributed by atoms with Crippen molar-refractivity contribution in [3.8, 4) is 5.75 Å². The van der Waals surface area contributed by atoms with Gasteiger partial charge in [-0.15, -0.1) is 0 Å². The molecule has 1 saturated carbocycles. The summed E-state index contributed by atoms with van der Waals surface area (Å²) >= 11 is 0. The van der Waals surface area contributed by atoms with E-state index in [9.17, 15) is 14.4 Å². The van der Waals surface area contributed by atoms with Gasteiger partial charge in [-0.25, -0.2) is 4.79 Å². The minimum absolute atomic E-state index is 0.0166. The number of carbonyl (C=O) groups is 3. The molecule has 3 atom stereocenters. The van der Waals surface area contributed by atoms with Crippen LogP contribution < -0.4 is 15.4 Å². The number of carbonyl (C=O) groups excluding carboxylic acids is 3. The minimum atomic E-state index is -0.631. The maximum Gasteiger partial charge on any atom is 0.329 e. The van der Waals surface area contributed by atoms with Crippen LogP contribution in [0.1, 0.15) is 49.4 Å². The molecule has 190 valence electrons. The number of nitrogens with zero attached hydrogens (tertiary/aromatic N) is 2. The van der Waals surface area contributed by atoms with E-state index in [1.165, 1.54) is 5.56 Å². The van der Waals surface area contributed by atoms with Crippen molar-refractivity contribution in [2.75, 3.05) is 13.2 Å². The number of pyridine rings is 1. The van der Waals surface area contributed by atoms with Crippen LogP contribution in [-0.2, 0) is 38.8 Å². The molecule has 1 aromatic carbocycles. The summed E-state index contributed by atoms with van der Waals surface area (Å²) in [5.41, 5.74) is 2.97. The molecular weight excluding hydrogens is 460 g/mol. The summed E-state index contributed by atoms with van der Waals surface area (Å²) in [5, 5.41) is 5.97. The van der Waals surface area contributed by atoms with Crippen molar-refractivity contribution < 1.29 is 23.9 Å². The van der Waals surface area contributed by atoms with Gasteiger partial charge in [-0.2, -0.15) is 0 Å². The van der Waals surface area contributed by atoms with Crippen LogP contribution in [0.3, 0.4) is 0 Å². The third-order valence-electron chi connectivity index (χ3n) is 7.32. The van der Waals surface area contributed by atoms with Crippen LogP contribution >= 0.6 is 0 Å². The van der Waals surface area contributed by atoms with Crippen molar-refractivity contribution in [3.05, 3.63) is 59.4 Å². The average molecular weight is 493 g/mol. The third-order valence-corrected chi connectivity index (χ3v) is 7.32. The fourth-order valence-corrected chi connectivity index (χ4v) is 5.18. The Morgan fingerprint density at radius 2 is 1.97 bits per heavy atom. The molecule has 9 heteroatoms. The van der Waals surface area contributed by atoms with Gasteiger partial charge in [0.15, 0.2) is 0 Å².